The third kappa shape index (κ3) is 2.05. The fraction of sp³-hybridized carbons (Fsp3) is 0.333. The summed E-state index contributed by atoms with van der Waals surface area (Å²) in [4.78, 5) is 24.5. The molecule has 0 saturated carbocycles. The van der Waals surface area contributed by atoms with E-state index in [4.69, 9.17) is 0 Å². The maximum absolute atomic E-state index is 13.7. The number of hydrogen-bond donors (Lipinski definition) is 1. The van der Waals surface area contributed by atoms with E-state index in [-0.39, 0.29) is 18.1 Å². The first-order chi connectivity index (χ1) is 8.54. The van der Waals surface area contributed by atoms with Crippen molar-refractivity contribution in [2.45, 2.75) is 19.4 Å². The van der Waals surface area contributed by atoms with E-state index in [1.165, 1.54) is 6.07 Å². The van der Waals surface area contributed by atoms with Gasteiger partial charge in [0.25, 0.3) is 0 Å². The van der Waals surface area contributed by atoms with Gasteiger partial charge in [0.2, 0.25) is 11.8 Å². The first-order valence-corrected chi connectivity index (χ1v) is 5.59. The van der Waals surface area contributed by atoms with Crippen molar-refractivity contribution < 1.29 is 18.4 Å². The summed E-state index contributed by atoms with van der Waals surface area (Å²) in [6.07, 6.45) is 0.356. The maximum Gasteiger partial charge on any atom is 0.247 e. The van der Waals surface area contributed by atoms with Gasteiger partial charge in [-0.15, -0.1) is 0 Å². The van der Waals surface area contributed by atoms with Crippen LogP contribution in [0.15, 0.2) is 18.2 Å². The van der Waals surface area contributed by atoms with Crippen LogP contribution in [0.25, 0.3) is 0 Å². The maximum atomic E-state index is 13.7. The molecule has 4 nitrogen and oxygen atoms in total. The molecule has 2 amide bonds. The Bertz CT molecular complexity index is 505. The molecule has 1 fully saturated rings. The van der Waals surface area contributed by atoms with Gasteiger partial charge in [0.15, 0.2) is 0 Å². The Morgan fingerprint density at radius 3 is 2.72 bits per heavy atom. The van der Waals surface area contributed by atoms with Crippen LogP contribution in [0, 0.1) is 11.6 Å². The number of nitrogens with one attached hydrogen (secondary N) is 1. The van der Waals surface area contributed by atoms with Gasteiger partial charge in [0.05, 0.1) is 12.2 Å². The number of hydrogen-bond acceptors (Lipinski definition) is 2. The van der Waals surface area contributed by atoms with E-state index in [1.807, 2.05) is 0 Å². The molecule has 1 aliphatic heterocycles. The van der Waals surface area contributed by atoms with E-state index in [2.05, 4.69) is 5.32 Å². The number of carbonyl (C=O) groups is 2. The summed E-state index contributed by atoms with van der Waals surface area (Å²) in [6, 6.07) is 2.17. The van der Waals surface area contributed by atoms with Crippen LogP contribution in [-0.4, -0.2) is 24.4 Å². The van der Waals surface area contributed by atoms with Crippen molar-refractivity contribution in [1.29, 1.82) is 0 Å². The number of piperazine rings is 1. The third-order valence-electron chi connectivity index (χ3n) is 2.85. The monoisotopic (exact) mass is 254 g/mol. The van der Waals surface area contributed by atoms with Crippen LogP contribution in [0.5, 0.6) is 0 Å². The fourth-order valence-electron chi connectivity index (χ4n) is 2.00. The van der Waals surface area contributed by atoms with E-state index in [0.29, 0.717) is 12.5 Å². The second-order valence-electron chi connectivity index (χ2n) is 4.00. The van der Waals surface area contributed by atoms with Crippen molar-refractivity contribution in [2.24, 2.45) is 0 Å². The highest BCUT2D eigenvalue weighted by molar-refractivity contribution is 6.06. The van der Waals surface area contributed by atoms with Gasteiger partial charge >= 0.3 is 0 Å². The van der Waals surface area contributed by atoms with E-state index >= 15 is 0 Å². The standard InChI is InChI=1S/C12H12F2N2O2/c1-2-9-12(18)15-6-11(17)16(9)10-4-3-7(13)5-8(10)14/h3-5,9H,2,6H2,1H3,(H,15,18). The first kappa shape index (κ1) is 12.5. The van der Waals surface area contributed by atoms with Crippen LogP contribution in [0.2, 0.25) is 0 Å². The fourth-order valence-corrected chi connectivity index (χ4v) is 2.00. The van der Waals surface area contributed by atoms with Crippen LogP contribution >= 0.6 is 0 Å². The van der Waals surface area contributed by atoms with Crippen molar-refractivity contribution in [2.75, 3.05) is 11.4 Å². The summed E-state index contributed by atoms with van der Waals surface area (Å²) in [5.41, 5.74) is -0.0666. The lowest BCUT2D eigenvalue weighted by Crippen LogP contribution is -2.58. The van der Waals surface area contributed by atoms with Gasteiger partial charge in [0.1, 0.15) is 17.7 Å². The SMILES string of the molecule is CCC1C(=O)NCC(=O)N1c1ccc(F)cc1F. The van der Waals surface area contributed by atoms with Gasteiger partial charge in [-0.2, -0.15) is 0 Å². The number of carbonyl (C=O) groups excluding carboxylic acids is 2. The summed E-state index contributed by atoms with van der Waals surface area (Å²) in [6.45, 7) is 1.55. The molecule has 0 aliphatic carbocycles. The normalized spacial score (nSPS) is 19.9. The molecule has 0 bridgehead atoms. The second kappa shape index (κ2) is 4.72. The average Bonchev–Trinajstić information content (AvgIpc) is 2.33. The Hall–Kier alpha value is -1.98. The summed E-state index contributed by atoms with van der Waals surface area (Å²) in [5, 5.41) is 2.44. The molecule has 1 aromatic carbocycles. The Labute approximate surface area is 103 Å². The van der Waals surface area contributed by atoms with Gasteiger partial charge < -0.3 is 5.32 Å². The molecule has 1 heterocycles. The third-order valence-corrected chi connectivity index (χ3v) is 2.85. The molecule has 2 rings (SSSR count). The van der Waals surface area contributed by atoms with Gasteiger partial charge in [-0.25, -0.2) is 8.78 Å². The van der Waals surface area contributed by atoms with E-state index in [9.17, 15) is 18.4 Å². The van der Waals surface area contributed by atoms with E-state index < -0.39 is 23.6 Å². The number of rotatable bonds is 2. The highest BCUT2D eigenvalue weighted by atomic mass is 19.1. The lowest BCUT2D eigenvalue weighted by Gasteiger charge is -2.34. The predicted octanol–water partition coefficient (Wildman–Crippen LogP) is 1.21. The molecule has 0 spiro atoms. The summed E-state index contributed by atoms with van der Waals surface area (Å²) < 4.78 is 26.5. The quantitative estimate of drug-likeness (QED) is 0.862. The molecule has 1 unspecified atom stereocenters. The average molecular weight is 254 g/mol. The topological polar surface area (TPSA) is 49.4 Å². The minimum absolute atomic E-state index is 0.0666. The highest BCUT2D eigenvalue weighted by Gasteiger charge is 2.35. The van der Waals surface area contributed by atoms with Gasteiger partial charge in [-0.3, -0.25) is 14.5 Å². The zero-order valence-corrected chi connectivity index (χ0v) is 9.74. The molecule has 18 heavy (non-hydrogen) atoms. The molecule has 0 radical (unpaired) electrons. The van der Waals surface area contributed by atoms with Gasteiger partial charge in [-0.05, 0) is 18.6 Å². The highest BCUT2D eigenvalue weighted by Crippen LogP contribution is 2.25. The first-order valence-electron chi connectivity index (χ1n) is 5.59. The summed E-state index contributed by atoms with van der Waals surface area (Å²) >= 11 is 0. The van der Waals surface area contributed by atoms with Gasteiger partial charge in [0, 0.05) is 6.07 Å². The predicted molar refractivity (Wildman–Crippen MR) is 60.9 cm³/mol. The molecule has 0 aromatic heterocycles. The van der Waals surface area contributed by atoms with Crippen molar-refractivity contribution in [3.05, 3.63) is 29.8 Å². The lowest BCUT2D eigenvalue weighted by atomic mass is 10.1. The minimum atomic E-state index is -0.850. The van der Waals surface area contributed by atoms with Gasteiger partial charge in [-0.1, -0.05) is 6.92 Å². The lowest BCUT2D eigenvalue weighted by molar-refractivity contribution is -0.131. The molecule has 96 valence electrons. The molecule has 1 aliphatic rings. The summed E-state index contributed by atoms with van der Waals surface area (Å²) in [5.74, 6) is -2.32. The van der Waals surface area contributed by atoms with E-state index in [0.717, 1.165) is 11.0 Å². The molecule has 1 saturated heterocycles. The summed E-state index contributed by atoms with van der Waals surface area (Å²) in [7, 11) is 0. The van der Waals surface area contributed by atoms with Crippen molar-refractivity contribution in [3.63, 3.8) is 0 Å². The number of benzene rings is 1. The Kier molecular flexibility index (Phi) is 3.27. The second-order valence-corrected chi connectivity index (χ2v) is 4.00. The molecule has 6 heteroatoms. The zero-order valence-electron chi connectivity index (χ0n) is 9.74. The van der Waals surface area contributed by atoms with Crippen LogP contribution < -0.4 is 10.2 Å². The van der Waals surface area contributed by atoms with Crippen LogP contribution in [0.4, 0.5) is 14.5 Å². The van der Waals surface area contributed by atoms with Crippen LogP contribution in [0.3, 0.4) is 0 Å². The largest absolute Gasteiger partial charge is 0.345 e. The van der Waals surface area contributed by atoms with Crippen molar-refractivity contribution in [1.82, 2.24) is 5.32 Å². The molecular weight excluding hydrogens is 242 g/mol. The van der Waals surface area contributed by atoms with Crippen LogP contribution in [0.1, 0.15) is 13.3 Å². The molecule has 1 N–H and O–H groups in total. The van der Waals surface area contributed by atoms with E-state index in [1.54, 1.807) is 6.92 Å². The number of anilines is 1. The Morgan fingerprint density at radius 1 is 1.39 bits per heavy atom. The minimum Gasteiger partial charge on any atom is -0.345 e. The van der Waals surface area contributed by atoms with Crippen molar-refractivity contribution in [3.8, 4) is 0 Å². The zero-order chi connectivity index (χ0) is 13.3. The molecule has 1 aromatic rings. The molecular formula is C12H12F2N2O2. The Balaban J connectivity index is 2.44. The smallest absolute Gasteiger partial charge is 0.247 e. The molecule has 1 atom stereocenters. The Morgan fingerprint density at radius 2 is 2.11 bits per heavy atom. The van der Waals surface area contributed by atoms with Crippen molar-refractivity contribution >= 4 is 17.5 Å². The van der Waals surface area contributed by atoms with Crippen LogP contribution in [-0.2, 0) is 9.59 Å². The number of halogens is 2. The number of nitrogens with zero attached hydrogens (tertiary/aromatic N) is 1. The number of amides is 2.